The summed E-state index contributed by atoms with van der Waals surface area (Å²) in [4.78, 5) is 31.8. The molecule has 0 bridgehead atoms. The van der Waals surface area contributed by atoms with Gasteiger partial charge in [0.25, 0.3) is 5.91 Å². The van der Waals surface area contributed by atoms with Gasteiger partial charge in [0.2, 0.25) is 5.91 Å². The highest BCUT2D eigenvalue weighted by Gasteiger charge is 2.23. The molecule has 0 unspecified atom stereocenters. The van der Waals surface area contributed by atoms with Crippen molar-refractivity contribution in [3.8, 4) is 23.0 Å². The summed E-state index contributed by atoms with van der Waals surface area (Å²) in [5.41, 5.74) is 1.37. The molecule has 0 aliphatic carbocycles. The predicted octanol–water partition coefficient (Wildman–Crippen LogP) is 4.93. The molecule has 3 heterocycles. The minimum absolute atomic E-state index is 0.0315. The number of ether oxygens (including phenoxy) is 1. The first kappa shape index (κ1) is 26.3. The van der Waals surface area contributed by atoms with E-state index in [9.17, 15) is 24.2 Å². The van der Waals surface area contributed by atoms with Crippen LogP contribution in [-0.4, -0.2) is 50.1 Å². The van der Waals surface area contributed by atoms with Crippen LogP contribution in [0.25, 0.3) is 10.2 Å². The maximum Gasteiger partial charge on any atom is 0.264 e. The number of pyridine rings is 1. The summed E-state index contributed by atoms with van der Waals surface area (Å²) in [6, 6.07) is 11.6. The quantitative estimate of drug-likeness (QED) is 0.191. The van der Waals surface area contributed by atoms with Gasteiger partial charge in [-0.3, -0.25) is 14.6 Å². The van der Waals surface area contributed by atoms with Crippen LogP contribution in [0.1, 0.15) is 28.1 Å². The van der Waals surface area contributed by atoms with Crippen molar-refractivity contribution in [1.29, 1.82) is 0 Å². The molecular weight excluding hydrogens is 543 g/mol. The number of phenolic OH excluding ortho intramolecular Hbond substituents is 2. The number of amides is 2. The third kappa shape index (κ3) is 6.07. The SMILES string of the molecule is O=C(Cc1ccc(O)c(O)c1)NC(=S)Nc1ccc(Oc2ccnc3cc(C(=O)N4CCCC4)sc23)c(F)c1. The predicted molar refractivity (Wildman–Crippen MR) is 149 cm³/mol. The number of aromatic nitrogens is 1. The number of rotatable bonds is 6. The molecule has 200 valence electrons. The number of nitrogens with zero attached hydrogens (tertiary/aromatic N) is 2. The summed E-state index contributed by atoms with van der Waals surface area (Å²) < 4.78 is 21.4. The van der Waals surface area contributed by atoms with Gasteiger partial charge in [0.15, 0.2) is 28.2 Å². The van der Waals surface area contributed by atoms with Gasteiger partial charge in [-0.05, 0) is 61.0 Å². The van der Waals surface area contributed by atoms with Gasteiger partial charge < -0.3 is 30.5 Å². The third-order valence-corrected chi connectivity index (χ3v) is 7.38. The number of phenols is 2. The summed E-state index contributed by atoms with van der Waals surface area (Å²) in [6.07, 6.45) is 3.44. The van der Waals surface area contributed by atoms with Crippen molar-refractivity contribution >= 4 is 56.4 Å². The Morgan fingerprint density at radius 3 is 2.59 bits per heavy atom. The smallest absolute Gasteiger partial charge is 0.264 e. The van der Waals surface area contributed by atoms with E-state index in [0.29, 0.717) is 32.1 Å². The number of aromatic hydroxyl groups is 2. The van der Waals surface area contributed by atoms with E-state index in [4.69, 9.17) is 17.0 Å². The van der Waals surface area contributed by atoms with Crippen LogP contribution < -0.4 is 15.4 Å². The zero-order valence-corrected chi connectivity index (χ0v) is 22.1. The molecule has 0 radical (unpaired) electrons. The molecule has 2 aromatic carbocycles. The standard InChI is InChI=1S/C27H23FN4O5S2/c28-17-13-16(30-27(38)31-24(35)12-15-3-5-19(33)20(34)11-15)4-6-21(17)37-22-7-8-29-18-14-23(39-25(18)22)26(36)32-9-1-2-10-32/h3-8,11,13-14,33-34H,1-2,9-10,12H2,(H2,30,31,35,38). The number of benzene rings is 2. The first-order valence-corrected chi connectivity index (χ1v) is 13.3. The molecular formula is C27H23FN4O5S2. The zero-order valence-electron chi connectivity index (χ0n) is 20.4. The maximum absolute atomic E-state index is 14.9. The van der Waals surface area contributed by atoms with Gasteiger partial charge >= 0.3 is 0 Å². The summed E-state index contributed by atoms with van der Waals surface area (Å²) in [5, 5.41) is 24.1. The first-order valence-electron chi connectivity index (χ1n) is 12.0. The van der Waals surface area contributed by atoms with Crippen molar-refractivity contribution in [2.24, 2.45) is 0 Å². The Balaban J connectivity index is 1.23. The average Bonchev–Trinajstić information content (AvgIpc) is 3.58. The van der Waals surface area contributed by atoms with E-state index < -0.39 is 11.7 Å². The molecule has 2 amide bonds. The van der Waals surface area contributed by atoms with Gasteiger partial charge in [-0.15, -0.1) is 11.3 Å². The molecule has 1 fully saturated rings. The largest absolute Gasteiger partial charge is 0.504 e. The number of fused-ring (bicyclic) bond motifs is 1. The van der Waals surface area contributed by atoms with Crippen LogP contribution in [0.5, 0.6) is 23.0 Å². The highest BCUT2D eigenvalue weighted by atomic mass is 32.1. The number of likely N-dealkylation sites (tertiary alicyclic amines) is 1. The van der Waals surface area contributed by atoms with Gasteiger partial charge in [0, 0.05) is 37.1 Å². The summed E-state index contributed by atoms with van der Waals surface area (Å²) in [7, 11) is 0. The van der Waals surface area contributed by atoms with Crippen LogP contribution in [0.15, 0.2) is 54.7 Å². The van der Waals surface area contributed by atoms with Crippen LogP contribution in [0.4, 0.5) is 10.1 Å². The molecule has 2 aromatic heterocycles. The number of thiocarbonyl (C=S) groups is 1. The Kier molecular flexibility index (Phi) is 7.57. The molecule has 1 aliphatic heterocycles. The second-order valence-corrected chi connectivity index (χ2v) is 10.3. The number of thiophene rings is 1. The van der Waals surface area contributed by atoms with Gasteiger partial charge in [0.05, 0.1) is 21.5 Å². The molecule has 0 atom stereocenters. The maximum atomic E-state index is 14.9. The van der Waals surface area contributed by atoms with E-state index in [1.165, 1.54) is 41.7 Å². The lowest BCUT2D eigenvalue weighted by Gasteiger charge is -2.13. The monoisotopic (exact) mass is 566 g/mol. The van der Waals surface area contributed by atoms with E-state index in [1.807, 2.05) is 4.90 Å². The van der Waals surface area contributed by atoms with Crippen molar-refractivity contribution < 1.29 is 28.9 Å². The second-order valence-electron chi connectivity index (χ2n) is 8.88. The van der Waals surface area contributed by atoms with Crippen LogP contribution >= 0.6 is 23.6 Å². The first-order chi connectivity index (χ1) is 18.8. The fourth-order valence-corrected chi connectivity index (χ4v) is 5.42. The number of anilines is 1. The molecule has 4 aromatic rings. The third-order valence-electron chi connectivity index (χ3n) is 6.05. The Morgan fingerprint density at radius 2 is 1.85 bits per heavy atom. The van der Waals surface area contributed by atoms with E-state index >= 15 is 0 Å². The molecule has 1 saturated heterocycles. The molecule has 4 N–H and O–H groups in total. The number of hydrogen-bond donors (Lipinski definition) is 4. The van der Waals surface area contributed by atoms with Gasteiger partial charge in [-0.1, -0.05) is 6.07 Å². The van der Waals surface area contributed by atoms with Crippen LogP contribution in [0.3, 0.4) is 0 Å². The molecule has 9 nitrogen and oxygen atoms in total. The minimum atomic E-state index is -0.663. The number of hydrogen-bond acceptors (Lipinski definition) is 8. The van der Waals surface area contributed by atoms with E-state index in [2.05, 4.69) is 15.6 Å². The minimum Gasteiger partial charge on any atom is -0.504 e. The van der Waals surface area contributed by atoms with Crippen molar-refractivity contribution in [2.75, 3.05) is 18.4 Å². The summed E-state index contributed by atoms with van der Waals surface area (Å²) in [5.74, 6) is -1.42. The van der Waals surface area contributed by atoms with Crippen molar-refractivity contribution in [3.63, 3.8) is 0 Å². The van der Waals surface area contributed by atoms with Gasteiger partial charge in [-0.25, -0.2) is 4.39 Å². The van der Waals surface area contributed by atoms with Crippen LogP contribution in [0.2, 0.25) is 0 Å². The number of halogens is 1. The number of carbonyl (C=O) groups is 2. The summed E-state index contributed by atoms with van der Waals surface area (Å²) >= 11 is 6.42. The molecule has 5 rings (SSSR count). The van der Waals surface area contributed by atoms with E-state index in [-0.39, 0.29) is 34.7 Å². The lowest BCUT2D eigenvalue weighted by molar-refractivity contribution is -0.119. The molecule has 0 spiro atoms. The summed E-state index contributed by atoms with van der Waals surface area (Å²) in [6.45, 7) is 1.48. The van der Waals surface area contributed by atoms with Crippen LogP contribution in [0, 0.1) is 5.82 Å². The van der Waals surface area contributed by atoms with Crippen molar-refractivity contribution in [3.05, 3.63) is 71.0 Å². The van der Waals surface area contributed by atoms with Gasteiger partial charge in [0.1, 0.15) is 5.75 Å². The second kappa shape index (κ2) is 11.2. The Hall–Kier alpha value is -4.29. The van der Waals surface area contributed by atoms with Gasteiger partial charge in [-0.2, -0.15) is 0 Å². The Labute approximate surface area is 231 Å². The topological polar surface area (TPSA) is 124 Å². The van der Waals surface area contributed by atoms with Crippen molar-refractivity contribution in [1.82, 2.24) is 15.2 Å². The normalized spacial score (nSPS) is 12.9. The van der Waals surface area contributed by atoms with E-state index in [0.717, 1.165) is 25.9 Å². The van der Waals surface area contributed by atoms with E-state index in [1.54, 1.807) is 24.4 Å². The average molecular weight is 567 g/mol. The lowest BCUT2D eigenvalue weighted by atomic mass is 10.1. The molecule has 39 heavy (non-hydrogen) atoms. The van der Waals surface area contributed by atoms with Crippen molar-refractivity contribution in [2.45, 2.75) is 19.3 Å². The van der Waals surface area contributed by atoms with Crippen LogP contribution in [-0.2, 0) is 11.2 Å². The highest BCUT2D eigenvalue weighted by molar-refractivity contribution is 7.80. The fourth-order valence-electron chi connectivity index (χ4n) is 4.15. The Morgan fingerprint density at radius 1 is 1.05 bits per heavy atom. The zero-order chi connectivity index (χ0) is 27.5. The molecule has 12 heteroatoms. The number of carbonyl (C=O) groups excluding carboxylic acids is 2. The Bertz CT molecular complexity index is 1590. The highest BCUT2D eigenvalue weighted by Crippen LogP contribution is 2.36. The fraction of sp³-hybridized carbons (Fsp3) is 0.185. The number of nitrogens with one attached hydrogen (secondary N) is 2. The molecule has 1 aliphatic rings. The lowest BCUT2D eigenvalue weighted by Crippen LogP contribution is -2.35. The molecule has 0 saturated carbocycles.